The SMILES string of the molecule is C=CCN(CC=C)C(=O)c1cccc(OCC)c1. The number of amides is 1. The molecule has 0 aliphatic heterocycles. The summed E-state index contributed by atoms with van der Waals surface area (Å²) in [6, 6.07) is 7.19. The van der Waals surface area contributed by atoms with Gasteiger partial charge in [0.25, 0.3) is 5.91 Å². The summed E-state index contributed by atoms with van der Waals surface area (Å²) < 4.78 is 5.39. The molecule has 0 atom stereocenters. The molecule has 0 N–H and O–H groups in total. The number of carbonyl (C=O) groups excluding carboxylic acids is 1. The van der Waals surface area contributed by atoms with Crippen LogP contribution in [0.5, 0.6) is 5.75 Å². The molecule has 0 aromatic heterocycles. The van der Waals surface area contributed by atoms with Crippen molar-refractivity contribution in [3.05, 3.63) is 55.1 Å². The molecule has 3 heteroatoms. The predicted molar refractivity (Wildman–Crippen MR) is 73.9 cm³/mol. The molecule has 0 bridgehead atoms. The molecule has 0 radical (unpaired) electrons. The average molecular weight is 245 g/mol. The van der Waals surface area contributed by atoms with Crippen molar-refractivity contribution < 1.29 is 9.53 Å². The summed E-state index contributed by atoms with van der Waals surface area (Å²) in [5.41, 5.74) is 0.615. The highest BCUT2D eigenvalue weighted by Crippen LogP contribution is 2.15. The fourth-order valence-electron chi connectivity index (χ4n) is 1.62. The zero-order valence-corrected chi connectivity index (χ0v) is 10.8. The van der Waals surface area contributed by atoms with Crippen LogP contribution in [-0.4, -0.2) is 30.5 Å². The van der Waals surface area contributed by atoms with E-state index in [0.717, 1.165) is 0 Å². The van der Waals surface area contributed by atoms with Gasteiger partial charge in [-0.25, -0.2) is 0 Å². The first kappa shape index (κ1) is 14.0. The standard InChI is InChI=1S/C15H19NO2/c1-4-10-16(11-5-2)15(17)13-8-7-9-14(12-13)18-6-3/h4-5,7-9,12H,1-2,6,10-11H2,3H3. The first-order valence-corrected chi connectivity index (χ1v) is 5.96. The van der Waals surface area contributed by atoms with Gasteiger partial charge in [0.05, 0.1) is 6.61 Å². The van der Waals surface area contributed by atoms with Crippen LogP contribution in [0.1, 0.15) is 17.3 Å². The minimum absolute atomic E-state index is 0.0450. The number of ether oxygens (including phenoxy) is 1. The third-order valence-electron chi connectivity index (χ3n) is 2.38. The molecular weight excluding hydrogens is 226 g/mol. The van der Waals surface area contributed by atoms with Gasteiger partial charge in [0.15, 0.2) is 0 Å². The zero-order chi connectivity index (χ0) is 13.4. The molecule has 96 valence electrons. The summed E-state index contributed by atoms with van der Waals surface area (Å²) in [6.07, 6.45) is 3.40. The molecule has 0 unspecified atom stereocenters. The number of rotatable bonds is 7. The first-order valence-electron chi connectivity index (χ1n) is 5.96. The van der Waals surface area contributed by atoms with Crippen LogP contribution in [-0.2, 0) is 0 Å². The molecule has 1 aromatic carbocycles. The second-order valence-electron chi connectivity index (χ2n) is 3.75. The number of benzene rings is 1. The summed E-state index contributed by atoms with van der Waals surface area (Å²) in [4.78, 5) is 13.9. The highest BCUT2D eigenvalue weighted by molar-refractivity contribution is 5.94. The van der Waals surface area contributed by atoms with Gasteiger partial charge >= 0.3 is 0 Å². The van der Waals surface area contributed by atoms with E-state index < -0.39 is 0 Å². The van der Waals surface area contributed by atoms with Crippen LogP contribution in [0.15, 0.2) is 49.6 Å². The Balaban J connectivity index is 2.89. The van der Waals surface area contributed by atoms with E-state index in [1.54, 1.807) is 29.2 Å². The second kappa shape index (κ2) is 7.33. The molecule has 0 saturated carbocycles. The monoisotopic (exact) mass is 245 g/mol. The van der Waals surface area contributed by atoms with Gasteiger partial charge < -0.3 is 9.64 Å². The maximum absolute atomic E-state index is 12.3. The van der Waals surface area contributed by atoms with Gasteiger partial charge in [-0.05, 0) is 25.1 Å². The van der Waals surface area contributed by atoms with Crippen LogP contribution in [0.3, 0.4) is 0 Å². The average Bonchev–Trinajstić information content (AvgIpc) is 2.38. The van der Waals surface area contributed by atoms with Gasteiger partial charge in [-0.3, -0.25) is 4.79 Å². The second-order valence-corrected chi connectivity index (χ2v) is 3.75. The largest absolute Gasteiger partial charge is 0.494 e. The van der Waals surface area contributed by atoms with E-state index in [1.165, 1.54) is 0 Å². The van der Waals surface area contributed by atoms with Gasteiger partial charge in [-0.2, -0.15) is 0 Å². The quantitative estimate of drug-likeness (QED) is 0.691. The summed E-state index contributed by atoms with van der Waals surface area (Å²) >= 11 is 0. The molecule has 1 aromatic rings. The van der Waals surface area contributed by atoms with E-state index in [2.05, 4.69) is 13.2 Å². The number of hydrogen-bond donors (Lipinski definition) is 0. The Labute approximate surface area is 108 Å². The highest BCUT2D eigenvalue weighted by Gasteiger charge is 2.13. The topological polar surface area (TPSA) is 29.5 Å². The van der Waals surface area contributed by atoms with Crippen molar-refractivity contribution in [1.82, 2.24) is 4.90 Å². The van der Waals surface area contributed by atoms with Crippen LogP contribution in [0.2, 0.25) is 0 Å². The van der Waals surface area contributed by atoms with Crippen LogP contribution >= 0.6 is 0 Å². The molecule has 0 aliphatic rings. The molecular formula is C15H19NO2. The van der Waals surface area contributed by atoms with Crippen molar-refractivity contribution in [1.29, 1.82) is 0 Å². The summed E-state index contributed by atoms with van der Waals surface area (Å²) in [5, 5.41) is 0. The van der Waals surface area contributed by atoms with Gasteiger partial charge in [-0.1, -0.05) is 18.2 Å². The maximum Gasteiger partial charge on any atom is 0.254 e. The van der Waals surface area contributed by atoms with E-state index in [-0.39, 0.29) is 5.91 Å². The van der Waals surface area contributed by atoms with Crippen LogP contribution in [0.4, 0.5) is 0 Å². The van der Waals surface area contributed by atoms with E-state index in [4.69, 9.17) is 4.74 Å². The van der Waals surface area contributed by atoms with Crippen molar-refractivity contribution in [3.8, 4) is 5.75 Å². The minimum atomic E-state index is -0.0450. The summed E-state index contributed by atoms with van der Waals surface area (Å²) in [7, 11) is 0. The Bertz CT molecular complexity index is 416. The third-order valence-corrected chi connectivity index (χ3v) is 2.38. The van der Waals surface area contributed by atoms with Crippen LogP contribution in [0.25, 0.3) is 0 Å². The normalized spacial score (nSPS) is 9.61. The molecule has 0 aliphatic carbocycles. The van der Waals surface area contributed by atoms with Crippen molar-refractivity contribution in [2.75, 3.05) is 19.7 Å². The van der Waals surface area contributed by atoms with Gasteiger partial charge in [0, 0.05) is 18.7 Å². The van der Waals surface area contributed by atoms with Crippen molar-refractivity contribution in [2.24, 2.45) is 0 Å². The van der Waals surface area contributed by atoms with Crippen LogP contribution < -0.4 is 4.74 Å². The fourth-order valence-corrected chi connectivity index (χ4v) is 1.62. The Morgan fingerprint density at radius 2 is 2.00 bits per heavy atom. The lowest BCUT2D eigenvalue weighted by Gasteiger charge is -2.19. The molecule has 18 heavy (non-hydrogen) atoms. The van der Waals surface area contributed by atoms with Gasteiger partial charge in [0.2, 0.25) is 0 Å². The molecule has 0 fully saturated rings. The van der Waals surface area contributed by atoms with Crippen LogP contribution in [0, 0.1) is 0 Å². The zero-order valence-electron chi connectivity index (χ0n) is 10.8. The number of hydrogen-bond acceptors (Lipinski definition) is 2. The lowest BCUT2D eigenvalue weighted by molar-refractivity contribution is 0.0790. The van der Waals surface area contributed by atoms with Gasteiger partial charge in [-0.15, -0.1) is 13.2 Å². The van der Waals surface area contributed by atoms with Crippen molar-refractivity contribution >= 4 is 5.91 Å². The summed E-state index contributed by atoms with van der Waals surface area (Å²) in [6.45, 7) is 10.8. The Hall–Kier alpha value is -2.03. The highest BCUT2D eigenvalue weighted by atomic mass is 16.5. The first-order chi connectivity index (χ1) is 8.72. The molecule has 1 rings (SSSR count). The van der Waals surface area contributed by atoms with Crippen molar-refractivity contribution in [2.45, 2.75) is 6.92 Å². The van der Waals surface area contributed by atoms with E-state index in [9.17, 15) is 4.79 Å². The predicted octanol–water partition coefficient (Wildman–Crippen LogP) is 2.90. The van der Waals surface area contributed by atoms with Gasteiger partial charge in [0.1, 0.15) is 5.75 Å². The van der Waals surface area contributed by atoms with E-state index in [1.807, 2.05) is 19.1 Å². The number of nitrogens with zero attached hydrogens (tertiary/aromatic N) is 1. The Kier molecular flexibility index (Phi) is 5.71. The fraction of sp³-hybridized carbons (Fsp3) is 0.267. The molecule has 3 nitrogen and oxygen atoms in total. The molecule has 0 spiro atoms. The lowest BCUT2D eigenvalue weighted by atomic mass is 10.2. The Morgan fingerprint density at radius 3 is 2.56 bits per heavy atom. The number of carbonyl (C=O) groups is 1. The minimum Gasteiger partial charge on any atom is -0.494 e. The molecule has 0 saturated heterocycles. The maximum atomic E-state index is 12.3. The van der Waals surface area contributed by atoms with E-state index in [0.29, 0.717) is 31.0 Å². The smallest absolute Gasteiger partial charge is 0.254 e. The molecule has 1 amide bonds. The van der Waals surface area contributed by atoms with E-state index >= 15 is 0 Å². The lowest BCUT2D eigenvalue weighted by Crippen LogP contribution is -2.31. The Morgan fingerprint density at radius 1 is 1.33 bits per heavy atom. The molecule has 0 heterocycles. The third kappa shape index (κ3) is 3.77. The summed E-state index contributed by atoms with van der Waals surface area (Å²) in [5.74, 6) is 0.664. The van der Waals surface area contributed by atoms with Crippen molar-refractivity contribution in [3.63, 3.8) is 0 Å².